The van der Waals surface area contributed by atoms with Crippen molar-refractivity contribution in [1.29, 1.82) is 0 Å². The van der Waals surface area contributed by atoms with Gasteiger partial charge in [0, 0.05) is 36.0 Å². The summed E-state index contributed by atoms with van der Waals surface area (Å²) in [7, 11) is 0. The van der Waals surface area contributed by atoms with E-state index in [1.165, 1.54) is 5.56 Å². The average Bonchev–Trinajstić information content (AvgIpc) is 2.75. The highest BCUT2D eigenvalue weighted by atomic mass is 35.5. The Morgan fingerprint density at radius 1 is 1.24 bits per heavy atom. The van der Waals surface area contributed by atoms with E-state index < -0.39 is 0 Å². The van der Waals surface area contributed by atoms with E-state index in [2.05, 4.69) is 17.3 Å². The zero-order valence-corrected chi connectivity index (χ0v) is 13.6. The Bertz CT molecular complexity index is 578. The molecule has 2 rings (SSSR count). The number of halogens is 1. The molecule has 0 unspecified atom stereocenters. The Labute approximate surface area is 131 Å². The maximum Gasteiger partial charge on any atom is 0.0649 e. The van der Waals surface area contributed by atoms with Crippen molar-refractivity contribution < 1.29 is 4.74 Å². The van der Waals surface area contributed by atoms with Crippen LogP contribution in [0.15, 0.2) is 24.3 Å². The molecule has 1 N–H and O–H groups in total. The number of benzene rings is 1. The minimum absolute atomic E-state index is 0.734. The normalized spacial score (nSPS) is 11.0. The molecule has 1 heterocycles. The predicted octanol–water partition coefficient (Wildman–Crippen LogP) is 3.27. The molecule has 114 valence electrons. The van der Waals surface area contributed by atoms with Crippen LogP contribution in [-0.2, 0) is 11.3 Å². The summed E-state index contributed by atoms with van der Waals surface area (Å²) in [6.45, 7) is 9.28. The molecule has 0 saturated heterocycles. The van der Waals surface area contributed by atoms with Crippen LogP contribution < -0.4 is 5.32 Å². The van der Waals surface area contributed by atoms with Crippen molar-refractivity contribution in [3.8, 4) is 5.69 Å². The molecule has 4 nitrogen and oxygen atoms in total. The summed E-state index contributed by atoms with van der Waals surface area (Å²) in [6.07, 6.45) is 0. The lowest BCUT2D eigenvalue weighted by Gasteiger charge is -2.07. The molecule has 1 aromatic heterocycles. The zero-order valence-electron chi connectivity index (χ0n) is 12.8. The fourth-order valence-electron chi connectivity index (χ4n) is 2.27. The largest absolute Gasteiger partial charge is 0.380 e. The first-order valence-corrected chi connectivity index (χ1v) is 7.60. The van der Waals surface area contributed by atoms with Gasteiger partial charge in [-0.1, -0.05) is 11.6 Å². The lowest BCUT2D eigenvalue weighted by molar-refractivity contribution is 0.149. The van der Waals surface area contributed by atoms with E-state index in [9.17, 15) is 0 Å². The number of ether oxygens (including phenoxy) is 1. The number of aryl methyl sites for hydroxylation is 1. The Morgan fingerprint density at radius 3 is 2.62 bits per heavy atom. The van der Waals surface area contributed by atoms with Crippen LogP contribution in [0, 0.1) is 13.8 Å². The summed E-state index contributed by atoms with van der Waals surface area (Å²) in [5.74, 6) is 0. The fourth-order valence-corrected chi connectivity index (χ4v) is 2.39. The maximum absolute atomic E-state index is 5.93. The van der Waals surface area contributed by atoms with Gasteiger partial charge in [-0.2, -0.15) is 5.10 Å². The number of aromatic nitrogens is 2. The third-order valence-corrected chi connectivity index (χ3v) is 3.69. The van der Waals surface area contributed by atoms with Gasteiger partial charge in [0.1, 0.15) is 0 Å². The van der Waals surface area contributed by atoms with Gasteiger partial charge in [0.2, 0.25) is 0 Å². The van der Waals surface area contributed by atoms with E-state index in [-0.39, 0.29) is 0 Å². The molecular weight excluding hydrogens is 286 g/mol. The summed E-state index contributed by atoms with van der Waals surface area (Å²) >= 11 is 5.93. The Kier molecular flexibility index (Phi) is 5.79. The number of hydrogen-bond donors (Lipinski definition) is 1. The van der Waals surface area contributed by atoms with Crippen LogP contribution in [0.4, 0.5) is 0 Å². The number of hydrogen-bond acceptors (Lipinski definition) is 3. The first kappa shape index (κ1) is 16.0. The van der Waals surface area contributed by atoms with Crippen LogP contribution in [0.1, 0.15) is 23.9 Å². The van der Waals surface area contributed by atoms with Gasteiger partial charge in [0.25, 0.3) is 0 Å². The van der Waals surface area contributed by atoms with Crippen LogP contribution in [0.3, 0.4) is 0 Å². The molecule has 0 saturated carbocycles. The Morgan fingerprint density at radius 2 is 1.95 bits per heavy atom. The zero-order chi connectivity index (χ0) is 15.2. The third kappa shape index (κ3) is 4.06. The third-order valence-electron chi connectivity index (χ3n) is 3.44. The second-order valence-electron chi connectivity index (χ2n) is 4.91. The standard InChI is InChI=1S/C16H22ClN3O/c1-4-21-10-9-18-11-16-12(2)19-20(13(16)3)15-7-5-14(17)6-8-15/h5-8,18H,4,9-11H2,1-3H3. The number of nitrogens with zero attached hydrogens (tertiary/aromatic N) is 2. The van der Waals surface area contributed by atoms with Gasteiger partial charge in [-0.05, 0) is 45.0 Å². The summed E-state index contributed by atoms with van der Waals surface area (Å²) in [5, 5.41) is 8.75. The summed E-state index contributed by atoms with van der Waals surface area (Å²) < 4.78 is 7.29. The Balaban J connectivity index is 2.08. The maximum atomic E-state index is 5.93. The molecule has 0 atom stereocenters. The summed E-state index contributed by atoms with van der Waals surface area (Å²) in [4.78, 5) is 0. The van der Waals surface area contributed by atoms with E-state index in [4.69, 9.17) is 16.3 Å². The van der Waals surface area contributed by atoms with E-state index >= 15 is 0 Å². The highest BCUT2D eigenvalue weighted by Crippen LogP contribution is 2.19. The molecule has 0 aliphatic heterocycles. The van der Waals surface area contributed by atoms with Crippen LogP contribution in [0.25, 0.3) is 5.69 Å². The van der Waals surface area contributed by atoms with Crippen molar-refractivity contribution >= 4 is 11.6 Å². The van der Waals surface area contributed by atoms with Crippen molar-refractivity contribution in [3.05, 3.63) is 46.2 Å². The van der Waals surface area contributed by atoms with Gasteiger partial charge in [-0.3, -0.25) is 0 Å². The lowest BCUT2D eigenvalue weighted by atomic mass is 10.2. The number of rotatable bonds is 7. The van der Waals surface area contributed by atoms with Crippen molar-refractivity contribution in [2.45, 2.75) is 27.3 Å². The van der Waals surface area contributed by atoms with Crippen LogP contribution in [-0.4, -0.2) is 29.5 Å². The molecule has 0 aliphatic carbocycles. The second kappa shape index (κ2) is 7.59. The summed E-state index contributed by atoms with van der Waals surface area (Å²) in [5.41, 5.74) is 4.46. The molecule has 1 aromatic carbocycles. The van der Waals surface area contributed by atoms with Crippen LogP contribution >= 0.6 is 11.6 Å². The average molecular weight is 308 g/mol. The topological polar surface area (TPSA) is 39.1 Å². The highest BCUT2D eigenvalue weighted by Gasteiger charge is 2.12. The molecule has 0 aliphatic rings. The lowest BCUT2D eigenvalue weighted by Crippen LogP contribution is -2.20. The molecule has 0 bridgehead atoms. The van der Waals surface area contributed by atoms with Gasteiger partial charge < -0.3 is 10.1 Å². The van der Waals surface area contributed by atoms with E-state index in [0.717, 1.165) is 48.4 Å². The highest BCUT2D eigenvalue weighted by molar-refractivity contribution is 6.30. The van der Waals surface area contributed by atoms with Gasteiger partial charge >= 0.3 is 0 Å². The first-order valence-electron chi connectivity index (χ1n) is 7.23. The Hall–Kier alpha value is -1.36. The quantitative estimate of drug-likeness (QED) is 0.798. The first-order chi connectivity index (χ1) is 10.1. The second-order valence-corrected chi connectivity index (χ2v) is 5.35. The van der Waals surface area contributed by atoms with Crippen molar-refractivity contribution in [1.82, 2.24) is 15.1 Å². The minimum atomic E-state index is 0.734. The monoisotopic (exact) mass is 307 g/mol. The SMILES string of the molecule is CCOCCNCc1c(C)nn(-c2ccc(Cl)cc2)c1C. The summed E-state index contributed by atoms with van der Waals surface area (Å²) in [6, 6.07) is 7.73. The molecular formula is C16H22ClN3O. The van der Waals surface area contributed by atoms with E-state index in [1.807, 2.05) is 42.8 Å². The van der Waals surface area contributed by atoms with Crippen LogP contribution in [0.2, 0.25) is 5.02 Å². The van der Waals surface area contributed by atoms with Crippen molar-refractivity contribution in [2.24, 2.45) is 0 Å². The predicted molar refractivity (Wildman–Crippen MR) is 86.2 cm³/mol. The fraction of sp³-hybridized carbons (Fsp3) is 0.438. The smallest absolute Gasteiger partial charge is 0.0649 e. The van der Waals surface area contributed by atoms with Gasteiger partial charge in [-0.25, -0.2) is 4.68 Å². The number of nitrogens with one attached hydrogen (secondary N) is 1. The van der Waals surface area contributed by atoms with Crippen LogP contribution in [0.5, 0.6) is 0 Å². The van der Waals surface area contributed by atoms with Gasteiger partial charge in [0.15, 0.2) is 0 Å². The molecule has 0 radical (unpaired) electrons. The molecule has 0 spiro atoms. The van der Waals surface area contributed by atoms with E-state index in [1.54, 1.807) is 0 Å². The van der Waals surface area contributed by atoms with Gasteiger partial charge in [-0.15, -0.1) is 0 Å². The van der Waals surface area contributed by atoms with Crippen molar-refractivity contribution in [3.63, 3.8) is 0 Å². The van der Waals surface area contributed by atoms with E-state index in [0.29, 0.717) is 0 Å². The molecule has 21 heavy (non-hydrogen) atoms. The van der Waals surface area contributed by atoms with Crippen molar-refractivity contribution in [2.75, 3.05) is 19.8 Å². The molecule has 0 fully saturated rings. The molecule has 0 amide bonds. The van der Waals surface area contributed by atoms with Gasteiger partial charge in [0.05, 0.1) is 18.0 Å². The molecule has 5 heteroatoms. The minimum Gasteiger partial charge on any atom is -0.380 e. The molecule has 2 aromatic rings.